The molecule has 2 heterocycles. The summed E-state index contributed by atoms with van der Waals surface area (Å²) in [6.45, 7) is -2.30. The number of aromatic nitrogens is 2. The smallest absolute Gasteiger partial charge is 0.333 e. The molecule has 0 saturated carbocycles. The molecule has 0 saturated heterocycles. The van der Waals surface area contributed by atoms with Gasteiger partial charge in [0.25, 0.3) is 10.0 Å². The highest BCUT2D eigenvalue weighted by Gasteiger charge is 2.20. The summed E-state index contributed by atoms with van der Waals surface area (Å²) in [5, 5.41) is 3.37. The van der Waals surface area contributed by atoms with E-state index >= 15 is 0 Å². The molecule has 1 aliphatic heterocycles. The van der Waals surface area contributed by atoms with Gasteiger partial charge in [0, 0.05) is 12.5 Å². The van der Waals surface area contributed by atoms with E-state index in [1.165, 1.54) is 12.1 Å². The second-order valence-electron chi connectivity index (χ2n) is 4.46. The van der Waals surface area contributed by atoms with Crippen LogP contribution in [0.3, 0.4) is 0 Å². The van der Waals surface area contributed by atoms with E-state index in [-0.39, 0.29) is 10.6 Å². The number of nitrogens with zero attached hydrogens (tertiary/aromatic N) is 2. The topological polar surface area (TPSA) is 73.2 Å². The second-order valence-corrected chi connectivity index (χ2v) is 6.14. The first-order valence-electron chi connectivity index (χ1n) is 6.06. The van der Waals surface area contributed by atoms with E-state index in [1.807, 2.05) is 0 Å². The zero-order valence-corrected chi connectivity index (χ0v) is 11.5. The average molecular weight is 315 g/mol. The van der Waals surface area contributed by atoms with E-state index in [4.69, 9.17) is 4.74 Å². The van der Waals surface area contributed by atoms with Gasteiger partial charge in [-0.1, -0.05) is 6.07 Å². The third-order valence-electron chi connectivity index (χ3n) is 3.03. The lowest BCUT2D eigenvalue weighted by Crippen LogP contribution is -2.12. The molecule has 0 amide bonds. The van der Waals surface area contributed by atoms with Gasteiger partial charge < -0.3 is 4.74 Å². The lowest BCUT2D eigenvalue weighted by Gasteiger charge is -2.07. The second kappa shape index (κ2) is 4.99. The maximum Gasteiger partial charge on any atom is 0.333 e. The molecule has 1 N–H and O–H groups in total. The van der Waals surface area contributed by atoms with Gasteiger partial charge in [-0.15, -0.1) is 0 Å². The van der Waals surface area contributed by atoms with E-state index in [2.05, 4.69) is 9.82 Å². The van der Waals surface area contributed by atoms with Gasteiger partial charge in [0.15, 0.2) is 0 Å². The minimum Gasteiger partial charge on any atom is -0.493 e. The standard InChI is InChI=1S/C12H11F2N3O3S/c13-12(14)17-7-9(6-15-17)16-21(18,19)10-2-1-8-3-4-20-11(8)5-10/h1-2,5-7,12,16H,3-4H2. The van der Waals surface area contributed by atoms with Crippen LogP contribution in [0.1, 0.15) is 12.1 Å². The molecule has 21 heavy (non-hydrogen) atoms. The Balaban J connectivity index is 1.86. The highest BCUT2D eigenvalue weighted by atomic mass is 32.2. The van der Waals surface area contributed by atoms with Crippen molar-refractivity contribution in [2.24, 2.45) is 0 Å². The Morgan fingerprint density at radius 2 is 2.19 bits per heavy atom. The molecule has 9 heteroatoms. The van der Waals surface area contributed by atoms with Crippen LogP contribution < -0.4 is 9.46 Å². The highest BCUT2D eigenvalue weighted by molar-refractivity contribution is 7.92. The molecule has 112 valence electrons. The average Bonchev–Trinajstić information content (AvgIpc) is 3.05. The summed E-state index contributed by atoms with van der Waals surface area (Å²) in [5.74, 6) is 0.529. The van der Waals surface area contributed by atoms with E-state index in [9.17, 15) is 17.2 Å². The Morgan fingerprint density at radius 3 is 2.90 bits per heavy atom. The Hall–Kier alpha value is -2.16. The molecule has 2 aromatic rings. The molecule has 3 rings (SSSR count). The number of nitrogens with one attached hydrogen (secondary N) is 1. The van der Waals surface area contributed by atoms with Crippen LogP contribution >= 0.6 is 0 Å². The molecule has 0 aliphatic carbocycles. The van der Waals surface area contributed by atoms with Crippen molar-refractivity contribution in [3.05, 3.63) is 36.2 Å². The summed E-state index contributed by atoms with van der Waals surface area (Å²) >= 11 is 0. The van der Waals surface area contributed by atoms with Crippen LogP contribution in [0.25, 0.3) is 0 Å². The normalized spacial score (nSPS) is 14.0. The molecule has 0 atom stereocenters. The van der Waals surface area contributed by atoms with Crippen molar-refractivity contribution >= 4 is 15.7 Å². The van der Waals surface area contributed by atoms with Gasteiger partial charge in [-0.3, -0.25) is 4.72 Å². The number of ether oxygens (including phenoxy) is 1. The largest absolute Gasteiger partial charge is 0.493 e. The van der Waals surface area contributed by atoms with Gasteiger partial charge in [-0.05, 0) is 11.6 Å². The summed E-state index contributed by atoms with van der Waals surface area (Å²) in [7, 11) is -3.88. The van der Waals surface area contributed by atoms with Gasteiger partial charge >= 0.3 is 6.55 Å². The first-order valence-corrected chi connectivity index (χ1v) is 7.55. The number of hydrogen-bond donors (Lipinski definition) is 1. The van der Waals surface area contributed by atoms with Crippen LogP contribution in [0.2, 0.25) is 0 Å². The zero-order valence-electron chi connectivity index (χ0n) is 10.7. The molecule has 1 aromatic heterocycles. The maximum absolute atomic E-state index is 12.4. The minimum absolute atomic E-state index is 0.00736. The third-order valence-corrected chi connectivity index (χ3v) is 4.41. The molecule has 6 nitrogen and oxygen atoms in total. The van der Waals surface area contributed by atoms with E-state index in [0.717, 1.165) is 24.4 Å². The molecule has 0 spiro atoms. The summed E-state index contributed by atoms with van der Waals surface area (Å²) in [4.78, 5) is 0.00736. The maximum atomic E-state index is 12.4. The molecule has 0 bridgehead atoms. The van der Waals surface area contributed by atoms with Crippen molar-refractivity contribution in [3.8, 4) is 5.75 Å². The van der Waals surface area contributed by atoms with Crippen molar-refractivity contribution in [3.63, 3.8) is 0 Å². The summed E-state index contributed by atoms with van der Waals surface area (Å²) in [5.41, 5.74) is 0.913. The van der Waals surface area contributed by atoms with Gasteiger partial charge in [0.05, 0.1) is 29.6 Å². The van der Waals surface area contributed by atoms with Crippen LogP contribution in [0.4, 0.5) is 14.5 Å². The summed E-state index contributed by atoms with van der Waals surface area (Å²) in [6.07, 6.45) is 2.68. The molecular formula is C12H11F2N3O3S. The van der Waals surface area contributed by atoms with Crippen molar-refractivity contribution in [2.75, 3.05) is 11.3 Å². The van der Waals surface area contributed by atoms with Crippen LogP contribution in [0.5, 0.6) is 5.75 Å². The number of sulfonamides is 1. The van der Waals surface area contributed by atoms with Crippen LogP contribution in [0.15, 0.2) is 35.5 Å². The predicted molar refractivity (Wildman–Crippen MR) is 69.9 cm³/mol. The van der Waals surface area contributed by atoms with Gasteiger partial charge in [-0.25, -0.2) is 13.1 Å². The first kappa shape index (κ1) is 13.8. The Labute approximate surface area is 119 Å². The Morgan fingerprint density at radius 1 is 1.38 bits per heavy atom. The molecular weight excluding hydrogens is 304 g/mol. The minimum atomic E-state index is -3.88. The number of hydrogen-bond acceptors (Lipinski definition) is 4. The number of halogens is 2. The third kappa shape index (κ3) is 2.68. The van der Waals surface area contributed by atoms with E-state index < -0.39 is 16.6 Å². The fourth-order valence-corrected chi connectivity index (χ4v) is 3.07. The lowest BCUT2D eigenvalue weighted by molar-refractivity contribution is 0.0566. The summed E-state index contributed by atoms with van der Waals surface area (Å²) < 4.78 is 57.0. The van der Waals surface area contributed by atoms with Crippen molar-refractivity contribution < 1.29 is 21.9 Å². The molecule has 0 radical (unpaired) electrons. The van der Waals surface area contributed by atoms with Gasteiger partial charge in [0.1, 0.15) is 5.75 Å². The molecule has 0 fully saturated rings. The van der Waals surface area contributed by atoms with Crippen molar-refractivity contribution in [1.82, 2.24) is 9.78 Å². The first-order chi connectivity index (χ1) is 9.95. The monoisotopic (exact) mass is 315 g/mol. The summed E-state index contributed by atoms with van der Waals surface area (Å²) in [6, 6.07) is 4.55. The van der Waals surface area contributed by atoms with Gasteiger partial charge in [-0.2, -0.15) is 13.9 Å². The van der Waals surface area contributed by atoms with Crippen LogP contribution in [-0.4, -0.2) is 24.8 Å². The molecule has 1 aromatic carbocycles. The zero-order chi connectivity index (χ0) is 15.0. The van der Waals surface area contributed by atoms with Crippen LogP contribution in [0, 0.1) is 0 Å². The fraction of sp³-hybridized carbons (Fsp3) is 0.250. The van der Waals surface area contributed by atoms with Crippen LogP contribution in [-0.2, 0) is 16.4 Å². The predicted octanol–water partition coefficient (Wildman–Crippen LogP) is 2.01. The Kier molecular flexibility index (Phi) is 3.28. The number of alkyl halides is 2. The molecule has 1 aliphatic rings. The number of rotatable bonds is 4. The SMILES string of the molecule is O=S(=O)(Nc1cnn(C(F)F)c1)c1ccc2c(c1)OCC2. The molecule has 0 unspecified atom stereocenters. The van der Waals surface area contributed by atoms with Crippen molar-refractivity contribution in [2.45, 2.75) is 17.9 Å². The van der Waals surface area contributed by atoms with E-state index in [0.29, 0.717) is 17.0 Å². The van der Waals surface area contributed by atoms with E-state index in [1.54, 1.807) is 6.07 Å². The van der Waals surface area contributed by atoms with Crippen molar-refractivity contribution in [1.29, 1.82) is 0 Å². The lowest BCUT2D eigenvalue weighted by atomic mass is 10.2. The quantitative estimate of drug-likeness (QED) is 0.937. The Bertz CT molecular complexity index is 774. The number of anilines is 1. The number of benzene rings is 1. The fourth-order valence-electron chi connectivity index (χ4n) is 2.03. The van der Waals surface area contributed by atoms with Gasteiger partial charge in [0.2, 0.25) is 0 Å². The highest BCUT2D eigenvalue weighted by Crippen LogP contribution is 2.28. The number of fused-ring (bicyclic) bond motifs is 1.